The first-order chi connectivity index (χ1) is 20.0. The molecule has 1 heterocycles. The average Bonchev–Trinajstić information content (AvgIpc) is 3.47. The predicted octanol–water partition coefficient (Wildman–Crippen LogP) is 5.54. The molecule has 0 saturated carbocycles. The van der Waals surface area contributed by atoms with Gasteiger partial charge in [0.2, 0.25) is 12.7 Å². The third-order valence-corrected chi connectivity index (χ3v) is 6.94. The van der Waals surface area contributed by atoms with Gasteiger partial charge < -0.3 is 24.4 Å². The zero-order chi connectivity index (χ0) is 28.6. The van der Waals surface area contributed by atoms with Crippen LogP contribution in [0.15, 0.2) is 97.1 Å². The van der Waals surface area contributed by atoms with E-state index in [9.17, 15) is 14.0 Å². The molecule has 1 N–H and O–H groups in total. The number of carbonyl (C=O) groups excluding carboxylic acids is 2. The molecule has 7 nitrogen and oxygen atoms in total. The number of nitrogens with zero attached hydrogens (tertiary/aromatic N) is 1. The van der Waals surface area contributed by atoms with E-state index >= 15 is 0 Å². The molecule has 1 aliphatic rings. The number of amides is 2. The van der Waals surface area contributed by atoms with Gasteiger partial charge in [0.05, 0.1) is 5.02 Å². The summed E-state index contributed by atoms with van der Waals surface area (Å²) in [7, 11) is 0. The predicted molar refractivity (Wildman–Crippen MR) is 152 cm³/mol. The third kappa shape index (κ3) is 7.35. The number of hydrogen-bond donors (Lipinski definition) is 1. The number of fused-ring (bicyclic) bond motifs is 1. The molecular weight excluding hydrogens is 547 g/mol. The van der Waals surface area contributed by atoms with Crippen LogP contribution in [0.4, 0.5) is 4.39 Å². The second-order valence-corrected chi connectivity index (χ2v) is 9.89. The van der Waals surface area contributed by atoms with E-state index in [1.165, 1.54) is 17.0 Å². The summed E-state index contributed by atoms with van der Waals surface area (Å²) in [6, 6.07) is 26.7. The standard InChI is InChI=1S/C32H28ClFN2O5/c33-26-8-4-5-9-28(26)39-20-31(37)36(19-23-10-13-25(34)14-11-23)27(16-22-6-2-1-3-7-22)32(38)35-18-24-12-15-29-30(17-24)41-21-40-29/h1-15,17,27H,16,18-21H2,(H,35,38). The van der Waals surface area contributed by atoms with Gasteiger partial charge in [0, 0.05) is 19.5 Å². The lowest BCUT2D eigenvalue weighted by atomic mass is 10.0. The number of ether oxygens (including phenoxy) is 3. The third-order valence-electron chi connectivity index (χ3n) is 6.63. The monoisotopic (exact) mass is 574 g/mol. The van der Waals surface area contributed by atoms with Gasteiger partial charge in [-0.15, -0.1) is 0 Å². The highest BCUT2D eigenvalue weighted by atomic mass is 35.5. The van der Waals surface area contributed by atoms with Crippen LogP contribution in [-0.2, 0) is 29.1 Å². The van der Waals surface area contributed by atoms with E-state index in [1.807, 2.05) is 42.5 Å². The van der Waals surface area contributed by atoms with Crippen molar-refractivity contribution >= 4 is 23.4 Å². The van der Waals surface area contributed by atoms with Gasteiger partial charge in [-0.05, 0) is 53.1 Å². The molecule has 41 heavy (non-hydrogen) atoms. The molecule has 0 fully saturated rings. The van der Waals surface area contributed by atoms with Crippen molar-refractivity contribution in [2.45, 2.75) is 25.6 Å². The van der Waals surface area contributed by atoms with E-state index in [2.05, 4.69) is 5.32 Å². The molecule has 0 saturated heterocycles. The van der Waals surface area contributed by atoms with E-state index < -0.39 is 17.8 Å². The van der Waals surface area contributed by atoms with Gasteiger partial charge in [-0.1, -0.05) is 72.3 Å². The molecule has 5 rings (SSSR count). The molecule has 0 bridgehead atoms. The van der Waals surface area contributed by atoms with Crippen LogP contribution in [0.2, 0.25) is 5.02 Å². The van der Waals surface area contributed by atoms with Crippen molar-refractivity contribution in [1.29, 1.82) is 0 Å². The van der Waals surface area contributed by atoms with Crippen LogP contribution in [0.1, 0.15) is 16.7 Å². The van der Waals surface area contributed by atoms with Crippen LogP contribution in [0.3, 0.4) is 0 Å². The molecule has 0 spiro atoms. The summed E-state index contributed by atoms with van der Waals surface area (Å²) >= 11 is 6.22. The minimum Gasteiger partial charge on any atom is -0.482 e. The summed E-state index contributed by atoms with van der Waals surface area (Å²) in [6.07, 6.45) is 0.257. The molecule has 1 unspecified atom stereocenters. The smallest absolute Gasteiger partial charge is 0.261 e. The first-order valence-corrected chi connectivity index (χ1v) is 13.5. The fraction of sp³-hybridized carbons (Fsp3) is 0.188. The Morgan fingerprint density at radius 1 is 0.878 bits per heavy atom. The van der Waals surface area contributed by atoms with Gasteiger partial charge in [-0.2, -0.15) is 0 Å². The Kier molecular flexibility index (Phi) is 9.01. The Hall–Kier alpha value is -4.56. The number of nitrogens with one attached hydrogen (secondary N) is 1. The zero-order valence-electron chi connectivity index (χ0n) is 22.1. The Labute approximate surface area is 242 Å². The second kappa shape index (κ2) is 13.2. The fourth-order valence-corrected chi connectivity index (χ4v) is 4.67. The summed E-state index contributed by atoms with van der Waals surface area (Å²) < 4.78 is 30.2. The summed E-state index contributed by atoms with van der Waals surface area (Å²) in [4.78, 5) is 29.0. The maximum absolute atomic E-state index is 13.8. The van der Waals surface area contributed by atoms with E-state index in [0.29, 0.717) is 27.8 Å². The highest BCUT2D eigenvalue weighted by Crippen LogP contribution is 2.32. The van der Waals surface area contributed by atoms with Crippen LogP contribution in [0.5, 0.6) is 17.2 Å². The number of para-hydroxylation sites is 1. The number of rotatable bonds is 11. The fourth-order valence-electron chi connectivity index (χ4n) is 4.48. The first kappa shape index (κ1) is 28.0. The van der Waals surface area contributed by atoms with Crippen LogP contribution in [0.25, 0.3) is 0 Å². The van der Waals surface area contributed by atoms with Crippen molar-refractivity contribution in [2.24, 2.45) is 0 Å². The normalized spacial score (nSPS) is 12.4. The molecule has 0 aromatic heterocycles. The van der Waals surface area contributed by atoms with Crippen LogP contribution >= 0.6 is 11.6 Å². The van der Waals surface area contributed by atoms with Gasteiger partial charge in [-0.25, -0.2) is 4.39 Å². The van der Waals surface area contributed by atoms with Gasteiger partial charge in [0.15, 0.2) is 18.1 Å². The van der Waals surface area contributed by atoms with E-state index in [1.54, 1.807) is 42.5 Å². The van der Waals surface area contributed by atoms with Crippen molar-refractivity contribution in [3.05, 3.63) is 125 Å². The van der Waals surface area contributed by atoms with Gasteiger partial charge in [-0.3, -0.25) is 9.59 Å². The minimum atomic E-state index is -0.890. The molecule has 1 atom stereocenters. The minimum absolute atomic E-state index is 0.0694. The molecule has 1 aliphatic heterocycles. The molecule has 210 valence electrons. The van der Waals surface area contributed by atoms with Crippen molar-refractivity contribution in [3.63, 3.8) is 0 Å². The van der Waals surface area contributed by atoms with Crippen LogP contribution < -0.4 is 19.5 Å². The molecule has 4 aromatic rings. The van der Waals surface area contributed by atoms with Crippen molar-refractivity contribution in [1.82, 2.24) is 10.2 Å². The molecule has 9 heteroatoms. The Bertz CT molecular complexity index is 1500. The number of carbonyl (C=O) groups is 2. The maximum atomic E-state index is 13.8. The number of halogens is 2. The first-order valence-electron chi connectivity index (χ1n) is 13.1. The van der Waals surface area contributed by atoms with E-state index in [0.717, 1.165) is 11.1 Å². The molecule has 4 aromatic carbocycles. The highest BCUT2D eigenvalue weighted by Gasteiger charge is 2.31. The largest absolute Gasteiger partial charge is 0.482 e. The summed E-state index contributed by atoms with van der Waals surface area (Å²) in [5.74, 6) is 0.458. The van der Waals surface area contributed by atoms with E-state index in [-0.39, 0.29) is 38.8 Å². The average molecular weight is 575 g/mol. The summed E-state index contributed by atoms with van der Waals surface area (Å²) in [5.41, 5.74) is 2.36. The van der Waals surface area contributed by atoms with E-state index in [4.69, 9.17) is 25.8 Å². The quantitative estimate of drug-likeness (QED) is 0.254. The van der Waals surface area contributed by atoms with Crippen LogP contribution in [-0.4, -0.2) is 36.2 Å². The molecule has 2 amide bonds. The van der Waals surface area contributed by atoms with Gasteiger partial charge >= 0.3 is 0 Å². The molecule has 0 radical (unpaired) electrons. The SMILES string of the molecule is O=C(NCc1ccc2c(c1)OCO2)C(Cc1ccccc1)N(Cc1ccc(F)cc1)C(=O)COc1ccccc1Cl. The van der Waals surface area contributed by atoms with Gasteiger partial charge in [0.1, 0.15) is 17.6 Å². The summed E-state index contributed by atoms with van der Waals surface area (Å²) in [6.45, 7) is 0.0993. The Morgan fingerprint density at radius 2 is 1.59 bits per heavy atom. The zero-order valence-corrected chi connectivity index (χ0v) is 22.9. The lowest BCUT2D eigenvalue weighted by Gasteiger charge is -2.31. The lowest BCUT2D eigenvalue weighted by molar-refractivity contribution is -0.142. The van der Waals surface area contributed by atoms with Crippen molar-refractivity contribution in [2.75, 3.05) is 13.4 Å². The molecular formula is C32H28ClFN2O5. The Balaban J connectivity index is 1.40. The van der Waals surface area contributed by atoms with Crippen LogP contribution in [0, 0.1) is 5.82 Å². The second-order valence-electron chi connectivity index (χ2n) is 9.48. The lowest BCUT2D eigenvalue weighted by Crippen LogP contribution is -2.51. The van der Waals surface area contributed by atoms with Crippen molar-refractivity contribution < 1.29 is 28.2 Å². The van der Waals surface area contributed by atoms with Gasteiger partial charge in [0.25, 0.3) is 5.91 Å². The number of hydrogen-bond acceptors (Lipinski definition) is 5. The van der Waals surface area contributed by atoms with Crippen molar-refractivity contribution in [3.8, 4) is 17.2 Å². The topological polar surface area (TPSA) is 77.1 Å². The number of benzene rings is 4. The summed E-state index contributed by atoms with van der Waals surface area (Å²) in [5, 5.41) is 3.34. The highest BCUT2D eigenvalue weighted by molar-refractivity contribution is 6.32. The Morgan fingerprint density at radius 3 is 2.37 bits per heavy atom. The molecule has 0 aliphatic carbocycles. The maximum Gasteiger partial charge on any atom is 0.261 e.